The summed E-state index contributed by atoms with van der Waals surface area (Å²) in [6, 6.07) is 2.00. The lowest BCUT2D eigenvalue weighted by Gasteiger charge is -2.33. The van der Waals surface area contributed by atoms with Gasteiger partial charge in [-0.3, -0.25) is 15.1 Å². The maximum absolute atomic E-state index is 14.4. The Bertz CT molecular complexity index is 869. The van der Waals surface area contributed by atoms with Gasteiger partial charge < -0.3 is 19.6 Å². The molecule has 8 nitrogen and oxygen atoms in total. The highest BCUT2D eigenvalue weighted by atomic mass is 19.1. The molecule has 1 aromatic rings. The summed E-state index contributed by atoms with van der Waals surface area (Å²) in [6.07, 6.45) is 2.72. The molecule has 0 bridgehead atoms. The molecule has 0 unspecified atom stereocenters. The summed E-state index contributed by atoms with van der Waals surface area (Å²) in [5.41, 5.74) is 3.75. The number of hydroxylamine groups is 1. The van der Waals surface area contributed by atoms with Crippen molar-refractivity contribution >= 4 is 17.7 Å². The number of hydrogen-bond acceptors (Lipinski definition) is 6. The summed E-state index contributed by atoms with van der Waals surface area (Å²) in [5.74, 6) is -2.59. The third-order valence-corrected chi connectivity index (χ3v) is 5.40. The number of halogens is 2. The Morgan fingerprint density at radius 2 is 1.91 bits per heavy atom. The molecule has 0 aromatic heterocycles. The van der Waals surface area contributed by atoms with E-state index in [1.807, 2.05) is 19.9 Å². The highest BCUT2D eigenvalue weighted by Crippen LogP contribution is 2.26. The van der Waals surface area contributed by atoms with Crippen LogP contribution in [-0.2, 0) is 20.8 Å². The van der Waals surface area contributed by atoms with E-state index in [2.05, 4.69) is 5.48 Å². The van der Waals surface area contributed by atoms with Crippen molar-refractivity contribution in [1.82, 2.24) is 10.4 Å². The summed E-state index contributed by atoms with van der Waals surface area (Å²) < 4.78 is 33.8. The van der Waals surface area contributed by atoms with E-state index in [1.54, 1.807) is 9.80 Å². The Labute approximate surface area is 185 Å². The third-order valence-electron chi connectivity index (χ3n) is 5.40. The fourth-order valence-electron chi connectivity index (χ4n) is 3.69. The number of anilines is 1. The Hall–Kier alpha value is -2.88. The normalized spacial score (nSPS) is 17.3. The van der Waals surface area contributed by atoms with Gasteiger partial charge in [0.05, 0.1) is 24.3 Å². The SMILES string of the molecule is CC(C)OC(=O)N1CCC(ONC2=CCN(c3cc(F)c(CC(=O)O)cc3F)CC2)CC1. The Morgan fingerprint density at radius 1 is 1.19 bits per heavy atom. The van der Waals surface area contributed by atoms with Crippen LogP contribution in [0.25, 0.3) is 0 Å². The number of hydrogen-bond donors (Lipinski definition) is 2. The van der Waals surface area contributed by atoms with Gasteiger partial charge in [-0.1, -0.05) is 0 Å². The fourth-order valence-corrected chi connectivity index (χ4v) is 3.69. The molecule has 176 valence electrons. The number of piperidine rings is 1. The quantitative estimate of drug-likeness (QED) is 0.613. The van der Waals surface area contributed by atoms with Crippen molar-refractivity contribution in [2.24, 2.45) is 0 Å². The smallest absolute Gasteiger partial charge is 0.410 e. The second-order valence-electron chi connectivity index (χ2n) is 8.23. The number of carboxylic acids is 1. The van der Waals surface area contributed by atoms with E-state index < -0.39 is 24.0 Å². The number of amides is 1. The van der Waals surface area contributed by atoms with Crippen molar-refractivity contribution in [3.63, 3.8) is 0 Å². The van der Waals surface area contributed by atoms with Crippen LogP contribution in [0.4, 0.5) is 19.3 Å². The van der Waals surface area contributed by atoms with Crippen LogP contribution in [0.3, 0.4) is 0 Å². The molecule has 1 aromatic carbocycles. The lowest BCUT2D eigenvalue weighted by atomic mass is 10.1. The van der Waals surface area contributed by atoms with Crippen LogP contribution < -0.4 is 10.4 Å². The van der Waals surface area contributed by atoms with Gasteiger partial charge in [-0.2, -0.15) is 0 Å². The predicted molar refractivity (Wildman–Crippen MR) is 113 cm³/mol. The Balaban J connectivity index is 1.47. The number of rotatable bonds is 7. The maximum Gasteiger partial charge on any atom is 0.410 e. The van der Waals surface area contributed by atoms with E-state index in [-0.39, 0.29) is 29.6 Å². The molecule has 2 heterocycles. The van der Waals surface area contributed by atoms with E-state index in [4.69, 9.17) is 14.7 Å². The first-order valence-corrected chi connectivity index (χ1v) is 10.7. The van der Waals surface area contributed by atoms with Gasteiger partial charge in [0.1, 0.15) is 11.6 Å². The van der Waals surface area contributed by atoms with Crippen molar-refractivity contribution in [3.8, 4) is 0 Å². The maximum atomic E-state index is 14.4. The second-order valence-corrected chi connectivity index (χ2v) is 8.23. The zero-order valence-electron chi connectivity index (χ0n) is 18.3. The summed E-state index contributed by atoms with van der Waals surface area (Å²) in [6.45, 7) is 5.57. The molecule has 10 heteroatoms. The second kappa shape index (κ2) is 10.6. The molecule has 1 amide bonds. The summed E-state index contributed by atoms with van der Waals surface area (Å²) in [4.78, 5) is 31.8. The number of nitrogens with zero attached hydrogens (tertiary/aromatic N) is 2. The predicted octanol–water partition coefficient (Wildman–Crippen LogP) is 3.22. The van der Waals surface area contributed by atoms with Gasteiger partial charge in [0, 0.05) is 49.9 Å². The van der Waals surface area contributed by atoms with Crippen LogP contribution in [0.1, 0.15) is 38.7 Å². The number of likely N-dealkylation sites (tertiary alicyclic amines) is 1. The Morgan fingerprint density at radius 3 is 2.50 bits per heavy atom. The average molecular weight is 453 g/mol. The van der Waals surface area contributed by atoms with Gasteiger partial charge in [0.15, 0.2) is 0 Å². The van der Waals surface area contributed by atoms with E-state index in [9.17, 15) is 18.4 Å². The minimum absolute atomic E-state index is 0.0367. The number of benzene rings is 1. The van der Waals surface area contributed by atoms with Crippen LogP contribution in [-0.4, -0.2) is 60.5 Å². The summed E-state index contributed by atoms with van der Waals surface area (Å²) >= 11 is 0. The van der Waals surface area contributed by atoms with E-state index in [1.165, 1.54) is 0 Å². The lowest BCUT2D eigenvalue weighted by Crippen LogP contribution is -2.43. The topological polar surface area (TPSA) is 91.3 Å². The molecule has 32 heavy (non-hydrogen) atoms. The van der Waals surface area contributed by atoms with Crippen molar-refractivity contribution < 1.29 is 33.1 Å². The van der Waals surface area contributed by atoms with Gasteiger partial charge in [0.25, 0.3) is 0 Å². The van der Waals surface area contributed by atoms with E-state index in [0.717, 1.165) is 17.8 Å². The summed E-state index contributed by atoms with van der Waals surface area (Å²) in [5, 5.41) is 8.79. The van der Waals surface area contributed by atoms with Gasteiger partial charge >= 0.3 is 12.1 Å². The molecule has 0 radical (unpaired) electrons. The molecule has 1 saturated heterocycles. The van der Waals surface area contributed by atoms with Crippen LogP contribution >= 0.6 is 0 Å². The number of aliphatic carboxylic acids is 1. The first kappa shape index (κ1) is 23.8. The van der Waals surface area contributed by atoms with Gasteiger partial charge in [0.2, 0.25) is 0 Å². The molecular formula is C22H29F2N3O5. The molecule has 0 atom stereocenters. The van der Waals surface area contributed by atoms with Gasteiger partial charge in [-0.15, -0.1) is 0 Å². The molecule has 2 aliphatic heterocycles. The monoisotopic (exact) mass is 453 g/mol. The van der Waals surface area contributed by atoms with Crippen LogP contribution in [0.5, 0.6) is 0 Å². The van der Waals surface area contributed by atoms with Crippen LogP contribution in [0, 0.1) is 11.6 Å². The lowest BCUT2D eigenvalue weighted by molar-refractivity contribution is -0.136. The molecule has 0 aliphatic carbocycles. The first-order chi connectivity index (χ1) is 15.2. The molecule has 2 N–H and O–H groups in total. The number of carboxylic acid groups (broad SMARTS) is 1. The van der Waals surface area contributed by atoms with Gasteiger partial charge in [-0.25, -0.2) is 13.6 Å². The molecule has 1 fully saturated rings. The molecule has 0 saturated carbocycles. The Kier molecular flexibility index (Phi) is 7.89. The fraction of sp³-hybridized carbons (Fsp3) is 0.545. The zero-order valence-corrected chi connectivity index (χ0v) is 18.3. The standard InChI is InChI=1S/C22H29F2N3O5/c1-14(2)31-22(30)27-9-5-17(6-10-27)32-25-16-3-7-26(8-4-16)20-13-18(23)15(11-19(20)24)12-21(28)29/h3,11,13-14,17,25H,4-10,12H2,1-2H3,(H,28,29). The minimum Gasteiger partial charge on any atom is -0.481 e. The number of ether oxygens (including phenoxy) is 1. The van der Waals surface area contributed by atoms with Gasteiger partial charge in [-0.05, 0) is 38.8 Å². The molecule has 0 spiro atoms. The van der Waals surface area contributed by atoms with Crippen molar-refractivity contribution in [3.05, 3.63) is 41.1 Å². The highest BCUT2D eigenvalue weighted by molar-refractivity contribution is 5.70. The van der Waals surface area contributed by atoms with E-state index >= 15 is 0 Å². The largest absolute Gasteiger partial charge is 0.481 e. The molecule has 2 aliphatic rings. The summed E-state index contributed by atoms with van der Waals surface area (Å²) in [7, 11) is 0. The first-order valence-electron chi connectivity index (χ1n) is 10.7. The molecular weight excluding hydrogens is 424 g/mol. The van der Waals surface area contributed by atoms with Crippen molar-refractivity contribution in [1.29, 1.82) is 0 Å². The average Bonchev–Trinajstić information content (AvgIpc) is 2.74. The molecule has 3 rings (SSSR count). The van der Waals surface area contributed by atoms with Crippen molar-refractivity contribution in [2.75, 3.05) is 31.1 Å². The highest BCUT2D eigenvalue weighted by Gasteiger charge is 2.26. The third kappa shape index (κ3) is 6.32. The van der Waals surface area contributed by atoms with Crippen LogP contribution in [0.15, 0.2) is 23.9 Å². The number of nitrogens with one attached hydrogen (secondary N) is 1. The van der Waals surface area contributed by atoms with E-state index in [0.29, 0.717) is 45.4 Å². The zero-order chi connectivity index (χ0) is 23.3. The number of carbonyl (C=O) groups is 2. The number of carbonyl (C=O) groups excluding carboxylic acids is 1. The minimum atomic E-state index is -1.21. The van der Waals surface area contributed by atoms with Crippen molar-refractivity contribution in [2.45, 2.75) is 51.7 Å². The van der Waals surface area contributed by atoms with Crippen LogP contribution in [0.2, 0.25) is 0 Å².